The fourth-order valence-corrected chi connectivity index (χ4v) is 3.08. The van der Waals surface area contributed by atoms with Crippen molar-refractivity contribution in [2.45, 2.75) is 39.5 Å². The van der Waals surface area contributed by atoms with Crippen LogP contribution in [0.3, 0.4) is 0 Å². The van der Waals surface area contributed by atoms with Crippen molar-refractivity contribution >= 4 is 17.3 Å². The molecule has 1 saturated carbocycles. The third kappa shape index (κ3) is 4.18. The largest absolute Gasteiger partial charge is 0.493 e. The van der Waals surface area contributed by atoms with E-state index in [0.717, 1.165) is 36.2 Å². The van der Waals surface area contributed by atoms with Gasteiger partial charge in [0.1, 0.15) is 5.75 Å². The monoisotopic (exact) mass is 353 g/mol. The molecule has 0 amide bonds. The molecule has 2 aromatic carbocycles. The number of carboxylic acids is 1. The maximum atomic E-state index is 11.1. The fraction of sp³-hybridized carbons (Fsp3) is 0.409. The molecular weight excluding hydrogens is 326 g/mol. The Bertz CT molecular complexity index is 763. The second-order valence-corrected chi connectivity index (χ2v) is 7.23. The Morgan fingerprint density at radius 3 is 2.35 bits per heavy atom. The molecule has 0 heterocycles. The van der Waals surface area contributed by atoms with E-state index in [1.165, 1.54) is 18.4 Å². The number of anilines is 2. The molecule has 1 aliphatic carbocycles. The van der Waals surface area contributed by atoms with Crippen molar-refractivity contribution in [1.82, 2.24) is 0 Å². The van der Waals surface area contributed by atoms with E-state index in [4.69, 9.17) is 9.84 Å². The SMILES string of the molecule is CCN(c1ccc(C(=O)O)cc1)c1ccc(OCC2CC2)c(C(C)C)c1. The van der Waals surface area contributed by atoms with Gasteiger partial charge < -0.3 is 14.7 Å². The van der Waals surface area contributed by atoms with Crippen LogP contribution >= 0.6 is 0 Å². The van der Waals surface area contributed by atoms with Gasteiger partial charge in [0.25, 0.3) is 0 Å². The highest BCUT2D eigenvalue weighted by Gasteiger charge is 2.23. The second-order valence-electron chi connectivity index (χ2n) is 7.23. The van der Waals surface area contributed by atoms with Crippen LogP contribution in [0.15, 0.2) is 42.5 Å². The first-order valence-electron chi connectivity index (χ1n) is 9.37. The number of aromatic carboxylic acids is 1. The van der Waals surface area contributed by atoms with Crippen LogP contribution in [-0.4, -0.2) is 24.2 Å². The molecular formula is C22H27NO3. The Morgan fingerprint density at radius 2 is 1.81 bits per heavy atom. The van der Waals surface area contributed by atoms with Crippen molar-refractivity contribution in [3.8, 4) is 5.75 Å². The zero-order chi connectivity index (χ0) is 18.7. The van der Waals surface area contributed by atoms with Crippen molar-refractivity contribution in [3.05, 3.63) is 53.6 Å². The lowest BCUT2D eigenvalue weighted by Crippen LogP contribution is -2.16. The van der Waals surface area contributed by atoms with Gasteiger partial charge in [-0.3, -0.25) is 0 Å². The molecule has 0 aromatic heterocycles. The first-order valence-corrected chi connectivity index (χ1v) is 9.37. The highest BCUT2D eigenvalue weighted by molar-refractivity contribution is 5.88. The average molecular weight is 353 g/mol. The van der Waals surface area contributed by atoms with Gasteiger partial charge in [0.2, 0.25) is 0 Å². The summed E-state index contributed by atoms with van der Waals surface area (Å²) in [4.78, 5) is 13.2. The van der Waals surface area contributed by atoms with Gasteiger partial charge in [-0.05, 0) is 79.6 Å². The van der Waals surface area contributed by atoms with Crippen LogP contribution in [0.5, 0.6) is 5.75 Å². The summed E-state index contributed by atoms with van der Waals surface area (Å²) in [5.74, 6) is 1.18. The maximum Gasteiger partial charge on any atom is 0.335 e. The van der Waals surface area contributed by atoms with Gasteiger partial charge in [0, 0.05) is 17.9 Å². The molecule has 1 N–H and O–H groups in total. The molecule has 0 saturated heterocycles. The topological polar surface area (TPSA) is 49.8 Å². The smallest absolute Gasteiger partial charge is 0.335 e. The van der Waals surface area contributed by atoms with Gasteiger partial charge in [0.05, 0.1) is 12.2 Å². The van der Waals surface area contributed by atoms with Crippen LogP contribution in [0.1, 0.15) is 55.5 Å². The molecule has 138 valence electrons. The van der Waals surface area contributed by atoms with Crippen LogP contribution in [-0.2, 0) is 0 Å². The van der Waals surface area contributed by atoms with Gasteiger partial charge in [-0.25, -0.2) is 4.79 Å². The van der Waals surface area contributed by atoms with Crippen LogP contribution in [0.2, 0.25) is 0 Å². The molecule has 0 aliphatic heterocycles. The summed E-state index contributed by atoms with van der Waals surface area (Å²) in [5.41, 5.74) is 3.59. The molecule has 0 spiro atoms. The lowest BCUT2D eigenvalue weighted by Gasteiger charge is -2.25. The standard InChI is InChI=1S/C22H27NO3/c1-4-23(18-9-7-17(8-10-18)22(24)25)19-11-12-21(20(13-19)15(2)3)26-14-16-5-6-16/h7-13,15-16H,4-6,14H2,1-3H3,(H,24,25). The van der Waals surface area contributed by atoms with Crippen LogP contribution in [0.25, 0.3) is 0 Å². The molecule has 2 aromatic rings. The molecule has 1 fully saturated rings. The van der Waals surface area contributed by atoms with E-state index in [1.54, 1.807) is 12.1 Å². The highest BCUT2D eigenvalue weighted by atomic mass is 16.5. The first kappa shape index (κ1) is 18.3. The van der Waals surface area contributed by atoms with Gasteiger partial charge in [-0.2, -0.15) is 0 Å². The number of rotatable bonds is 8. The highest BCUT2D eigenvalue weighted by Crippen LogP contribution is 2.36. The molecule has 0 atom stereocenters. The minimum absolute atomic E-state index is 0.302. The molecule has 3 rings (SSSR count). The fourth-order valence-electron chi connectivity index (χ4n) is 3.08. The normalized spacial score (nSPS) is 13.7. The molecule has 26 heavy (non-hydrogen) atoms. The van der Waals surface area contributed by atoms with E-state index < -0.39 is 5.97 Å². The number of carbonyl (C=O) groups is 1. The lowest BCUT2D eigenvalue weighted by atomic mass is 10.0. The van der Waals surface area contributed by atoms with Crippen LogP contribution < -0.4 is 9.64 Å². The summed E-state index contributed by atoms with van der Waals surface area (Å²) < 4.78 is 6.05. The number of benzene rings is 2. The third-order valence-electron chi connectivity index (χ3n) is 4.84. The zero-order valence-corrected chi connectivity index (χ0v) is 15.7. The van der Waals surface area contributed by atoms with Gasteiger partial charge in [-0.1, -0.05) is 13.8 Å². The minimum atomic E-state index is -0.904. The van der Waals surface area contributed by atoms with Gasteiger partial charge in [0.15, 0.2) is 0 Å². The molecule has 4 nitrogen and oxygen atoms in total. The summed E-state index contributed by atoms with van der Waals surface area (Å²) in [6.45, 7) is 8.07. The summed E-state index contributed by atoms with van der Waals surface area (Å²) in [6.07, 6.45) is 2.57. The van der Waals surface area contributed by atoms with E-state index in [-0.39, 0.29) is 0 Å². The Labute approximate surface area is 155 Å². The van der Waals surface area contributed by atoms with Crippen molar-refractivity contribution < 1.29 is 14.6 Å². The van der Waals surface area contributed by atoms with Gasteiger partial charge in [-0.15, -0.1) is 0 Å². The Kier molecular flexibility index (Phi) is 5.50. The molecule has 0 unspecified atom stereocenters. The third-order valence-corrected chi connectivity index (χ3v) is 4.84. The number of carboxylic acid groups (broad SMARTS) is 1. The minimum Gasteiger partial charge on any atom is -0.493 e. The number of ether oxygens (including phenoxy) is 1. The van der Waals surface area contributed by atoms with E-state index in [2.05, 4.69) is 43.9 Å². The lowest BCUT2D eigenvalue weighted by molar-refractivity contribution is 0.0697. The van der Waals surface area contributed by atoms with Crippen molar-refractivity contribution in [2.75, 3.05) is 18.1 Å². The predicted octanol–water partition coefficient (Wildman–Crippen LogP) is 5.46. The van der Waals surface area contributed by atoms with Crippen LogP contribution in [0, 0.1) is 5.92 Å². The Balaban J connectivity index is 1.87. The number of hydrogen-bond donors (Lipinski definition) is 1. The maximum absolute atomic E-state index is 11.1. The van der Waals surface area contributed by atoms with E-state index in [9.17, 15) is 4.79 Å². The van der Waals surface area contributed by atoms with Crippen LogP contribution in [0.4, 0.5) is 11.4 Å². The zero-order valence-electron chi connectivity index (χ0n) is 15.7. The Morgan fingerprint density at radius 1 is 1.15 bits per heavy atom. The molecule has 0 radical (unpaired) electrons. The Hall–Kier alpha value is -2.49. The van der Waals surface area contributed by atoms with Gasteiger partial charge >= 0.3 is 5.97 Å². The van der Waals surface area contributed by atoms with Crippen molar-refractivity contribution in [3.63, 3.8) is 0 Å². The summed E-state index contributed by atoms with van der Waals surface area (Å²) >= 11 is 0. The number of nitrogens with zero attached hydrogens (tertiary/aromatic N) is 1. The molecule has 1 aliphatic rings. The summed E-state index contributed by atoms with van der Waals surface area (Å²) in [7, 11) is 0. The first-order chi connectivity index (χ1) is 12.5. The molecule has 0 bridgehead atoms. The summed E-state index contributed by atoms with van der Waals surface area (Å²) in [5, 5.41) is 9.08. The molecule has 4 heteroatoms. The second kappa shape index (κ2) is 7.81. The van der Waals surface area contributed by atoms with E-state index in [0.29, 0.717) is 11.5 Å². The van der Waals surface area contributed by atoms with E-state index in [1.807, 2.05) is 12.1 Å². The average Bonchev–Trinajstić information content (AvgIpc) is 3.46. The van der Waals surface area contributed by atoms with E-state index >= 15 is 0 Å². The quantitative estimate of drug-likeness (QED) is 0.685. The number of hydrogen-bond acceptors (Lipinski definition) is 3. The van der Waals surface area contributed by atoms with Crippen molar-refractivity contribution in [2.24, 2.45) is 5.92 Å². The summed E-state index contributed by atoms with van der Waals surface area (Å²) in [6, 6.07) is 13.4. The predicted molar refractivity (Wildman–Crippen MR) is 105 cm³/mol. The van der Waals surface area contributed by atoms with Crippen molar-refractivity contribution in [1.29, 1.82) is 0 Å².